The average Bonchev–Trinajstić information content (AvgIpc) is 2.03. The number of aromatic nitrogens is 1. The lowest BCUT2D eigenvalue weighted by Gasteiger charge is -1.89. The summed E-state index contributed by atoms with van der Waals surface area (Å²) in [4.78, 5) is 3.96. The monoisotopic (exact) mass is 134 g/mol. The van der Waals surface area contributed by atoms with Gasteiger partial charge in [-0.05, 0) is 23.9 Å². The molecule has 1 N–H and O–H groups in total. The molecule has 0 unspecified atom stereocenters. The molecule has 1 rings (SSSR count). The molecular formula is C8H10N2. The van der Waals surface area contributed by atoms with Crippen LogP contribution in [0.5, 0.6) is 0 Å². The Morgan fingerprint density at radius 2 is 2.50 bits per heavy atom. The van der Waals surface area contributed by atoms with Crippen molar-refractivity contribution in [2.45, 2.75) is 0 Å². The van der Waals surface area contributed by atoms with Gasteiger partial charge in [-0.1, -0.05) is 6.07 Å². The molecule has 1 aromatic heterocycles. The molecule has 1 heterocycles. The number of hydrogen-bond acceptors (Lipinski definition) is 2. The maximum absolute atomic E-state index is 3.96. The minimum atomic E-state index is 1.11. The molecule has 2 heteroatoms. The van der Waals surface area contributed by atoms with E-state index in [1.165, 1.54) is 0 Å². The fourth-order valence-corrected chi connectivity index (χ4v) is 0.654. The van der Waals surface area contributed by atoms with E-state index in [0.717, 1.165) is 5.56 Å². The van der Waals surface area contributed by atoms with Crippen molar-refractivity contribution in [2.24, 2.45) is 0 Å². The summed E-state index contributed by atoms with van der Waals surface area (Å²) in [5.74, 6) is 0. The van der Waals surface area contributed by atoms with Gasteiger partial charge in [-0.15, -0.1) is 0 Å². The Hall–Kier alpha value is -1.31. The van der Waals surface area contributed by atoms with Crippen molar-refractivity contribution in [3.63, 3.8) is 0 Å². The third kappa shape index (κ3) is 1.90. The van der Waals surface area contributed by atoms with Gasteiger partial charge < -0.3 is 5.32 Å². The molecule has 1 aromatic rings. The van der Waals surface area contributed by atoms with Crippen molar-refractivity contribution in [2.75, 3.05) is 7.05 Å². The SMILES string of the molecule is CN/C=C\c1cccnc1. The molecule has 0 radical (unpaired) electrons. The molecule has 0 amide bonds. The molecule has 0 aliphatic rings. The normalized spacial score (nSPS) is 10.1. The number of nitrogens with zero attached hydrogens (tertiary/aromatic N) is 1. The quantitative estimate of drug-likeness (QED) is 0.659. The lowest BCUT2D eigenvalue weighted by Crippen LogP contribution is -1.90. The van der Waals surface area contributed by atoms with Crippen molar-refractivity contribution in [3.05, 3.63) is 36.3 Å². The van der Waals surface area contributed by atoms with Crippen LogP contribution in [0.25, 0.3) is 6.08 Å². The summed E-state index contributed by atoms with van der Waals surface area (Å²) in [7, 11) is 1.87. The van der Waals surface area contributed by atoms with Crippen molar-refractivity contribution < 1.29 is 0 Å². The lowest BCUT2D eigenvalue weighted by atomic mass is 10.3. The van der Waals surface area contributed by atoms with E-state index in [2.05, 4.69) is 10.3 Å². The van der Waals surface area contributed by atoms with Gasteiger partial charge >= 0.3 is 0 Å². The second-order valence-electron chi connectivity index (χ2n) is 1.91. The van der Waals surface area contributed by atoms with Crippen LogP contribution in [0, 0.1) is 0 Å². The minimum absolute atomic E-state index is 1.11. The Bertz CT molecular complexity index is 204. The molecule has 0 saturated heterocycles. The average molecular weight is 134 g/mol. The highest BCUT2D eigenvalue weighted by Gasteiger charge is 1.79. The molecule has 2 nitrogen and oxygen atoms in total. The Labute approximate surface area is 60.6 Å². The summed E-state index contributed by atoms with van der Waals surface area (Å²) in [6.07, 6.45) is 7.41. The zero-order chi connectivity index (χ0) is 7.23. The minimum Gasteiger partial charge on any atom is -0.394 e. The zero-order valence-electron chi connectivity index (χ0n) is 5.91. The largest absolute Gasteiger partial charge is 0.394 e. The number of nitrogens with one attached hydrogen (secondary N) is 1. The maximum atomic E-state index is 3.96. The smallest absolute Gasteiger partial charge is 0.0340 e. The molecule has 0 aliphatic heterocycles. The number of rotatable bonds is 2. The molecule has 52 valence electrons. The predicted molar refractivity (Wildman–Crippen MR) is 42.3 cm³/mol. The third-order valence-corrected chi connectivity index (χ3v) is 1.13. The first-order valence-electron chi connectivity index (χ1n) is 3.17. The van der Waals surface area contributed by atoms with E-state index < -0.39 is 0 Å². The second kappa shape index (κ2) is 3.67. The first kappa shape index (κ1) is 6.81. The first-order valence-corrected chi connectivity index (χ1v) is 3.17. The van der Waals surface area contributed by atoms with Gasteiger partial charge in [0.05, 0.1) is 0 Å². The van der Waals surface area contributed by atoms with Crippen LogP contribution in [-0.2, 0) is 0 Å². The van der Waals surface area contributed by atoms with Crippen LogP contribution in [0.1, 0.15) is 5.56 Å². The molecule has 10 heavy (non-hydrogen) atoms. The molecule has 0 aromatic carbocycles. The molecule has 0 atom stereocenters. The van der Waals surface area contributed by atoms with E-state index >= 15 is 0 Å². The second-order valence-corrected chi connectivity index (χ2v) is 1.91. The van der Waals surface area contributed by atoms with Gasteiger partial charge in [0.25, 0.3) is 0 Å². The topological polar surface area (TPSA) is 24.9 Å². The van der Waals surface area contributed by atoms with Gasteiger partial charge in [0, 0.05) is 19.4 Å². The predicted octanol–water partition coefficient (Wildman–Crippen LogP) is 1.27. The Morgan fingerprint density at radius 3 is 3.10 bits per heavy atom. The van der Waals surface area contributed by atoms with Crippen LogP contribution >= 0.6 is 0 Å². The van der Waals surface area contributed by atoms with Crippen LogP contribution < -0.4 is 5.32 Å². The highest BCUT2D eigenvalue weighted by molar-refractivity contribution is 5.46. The summed E-state index contributed by atoms with van der Waals surface area (Å²) in [5.41, 5.74) is 1.11. The van der Waals surface area contributed by atoms with Gasteiger partial charge in [-0.3, -0.25) is 4.98 Å². The fraction of sp³-hybridized carbons (Fsp3) is 0.125. The zero-order valence-corrected chi connectivity index (χ0v) is 5.91. The summed E-state index contributed by atoms with van der Waals surface area (Å²) >= 11 is 0. The summed E-state index contributed by atoms with van der Waals surface area (Å²) in [6, 6.07) is 3.91. The number of pyridine rings is 1. The maximum Gasteiger partial charge on any atom is 0.0340 e. The van der Waals surface area contributed by atoms with Crippen LogP contribution in [0.4, 0.5) is 0 Å². The molecule has 0 saturated carbocycles. The van der Waals surface area contributed by atoms with Gasteiger partial charge in [-0.2, -0.15) is 0 Å². The van der Waals surface area contributed by atoms with Crippen LogP contribution in [0.3, 0.4) is 0 Å². The van der Waals surface area contributed by atoms with Crippen molar-refractivity contribution >= 4 is 6.08 Å². The first-order chi connectivity index (χ1) is 4.93. The molecule has 0 fully saturated rings. The van der Waals surface area contributed by atoms with Crippen molar-refractivity contribution in [3.8, 4) is 0 Å². The van der Waals surface area contributed by atoms with Crippen LogP contribution in [-0.4, -0.2) is 12.0 Å². The summed E-state index contributed by atoms with van der Waals surface area (Å²) in [6.45, 7) is 0. The molecular weight excluding hydrogens is 124 g/mol. The molecule has 0 aliphatic carbocycles. The fourth-order valence-electron chi connectivity index (χ4n) is 0.654. The standard InChI is InChI=1S/C8H10N2/c1-9-6-4-8-3-2-5-10-7-8/h2-7,9H,1H3/b6-4-. The van der Waals surface area contributed by atoms with Crippen LogP contribution in [0.2, 0.25) is 0 Å². The molecule has 0 spiro atoms. The van der Waals surface area contributed by atoms with E-state index in [0.29, 0.717) is 0 Å². The van der Waals surface area contributed by atoms with E-state index in [1.54, 1.807) is 6.20 Å². The highest BCUT2D eigenvalue weighted by Crippen LogP contribution is 1.96. The Balaban J connectivity index is 2.67. The van der Waals surface area contributed by atoms with Crippen molar-refractivity contribution in [1.29, 1.82) is 0 Å². The van der Waals surface area contributed by atoms with Crippen LogP contribution in [0.15, 0.2) is 30.7 Å². The van der Waals surface area contributed by atoms with Gasteiger partial charge in [0.15, 0.2) is 0 Å². The lowest BCUT2D eigenvalue weighted by molar-refractivity contribution is 1.11. The molecule has 0 bridgehead atoms. The van der Waals surface area contributed by atoms with E-state index in [-0.39, 0.29) is 0 Å². The van der Waals surface area contributed by atoms with Crippen molar-refractivity contribution in [1.82, 2.24) is 10.3 Å². The highest BCUT2D eigenvalue weighted by atomic mass is 14.8. The van der Waals surface area contributed by atoms with Gasteiger partial charge in [-0.25, -0.2) is 0 Å². The van der Waals surface area contributed by atoms with E-state index in [4.69, 9.17) is 0 Å². The van der Waals surface area contributed by atoms with Gasteiger partial charge in [0.1, 0.15) is 0 Å². The summed E-state index contributed by atoms with van der Waals surface area (Å²) < 4.78 is 0. The Morgan fingerprint density at radius 1 is 1.60 bits per heavy atom. The van der Waals surface area contributed by atoms with E-state index in [9.17, 15) is 0 Å². The summed E-state index contributed by atoms with van der Waals surface area (Å²) in [5, 5.41) is 2.91. The third-order valence-electron chi connectivity index (χ3n) is 1.13. The number of hydrogen-bond donors (Lipinski definition) is 1. The van der Waals surface area contributed by atoms with Gasteiger partial charge in [0.2, 0.25) is 0 Å². The van der Waals surface area contributed by atoms with E-state index in [1.807, 2.05) is 37.7 Å². The Kier molecular flexibility index (Phi) is 2.49.